The van der Waals surface area contributed by atoms with Crippen molar-refractivity contribution in [2.45, 2.75) is 19.4 Å². The molecule has 1 rings (SSSR count). The van der Waals surface area contributed by atoms with Crippen LogP contribution in [0.15, 0.2) is 12.7 Å². The summed E-state index contributed by atoms with van der Waals surface area (Å²) in [6.45, 7) is 9.37. The molecule has 3 nitrogen and oxygen atoms in total. The van der Waals surface area contributed by atoms with E-state index in [-0.39, 0.29) is 5.12 Å². The molecule has 1 unspecified atom stereocenters. The molecule has 0 aliphatic carbocycles. The van der Waals surface area contributed by atoms with Crippen molar-refractivity contribution in [2.24, 2.45) is 0 Å². The summed E-state index contributed by atoms with van der Waals surface area (Å²) in [5, 5.41) is 0.0733. The van der Waals surface area contributed by atoms with E-state index in [4.69, 9.17) is 4.74 Å². The van der Waals surface area contributed by atoms with Crippen LogP contribution in [0, 0.1) is 0 Å². The molecule has 86 valence electrons. The Morgan fingerprint density at radius 3 is 2.87 bits per heavy atom. The van der Waals surface area contributed by atoms with E-state index < -0.39 is 0 Å². The largest absolute Gasteiger partial charge is 0.379 e. The number of thioether (sulfide) groups is 1. The minimum atomic E-state index is 0.0733. The Morgan fingerprint density at radius 2 is 2.27 bits per heavy atom. The second kappa shape index (κ2) is 7.04. The number of carbonyl (C=O) groups excluding carboxylic acids is 1. The van der Waals surface area contributed by atoms with Crippen molar-refractivity contribution in [3.05, 3.63) is 12.7 Å². The Balaban J connectivity index is 2.14. The zero-order valence-corrected chi connectivity index (χ0v) is 10.1. The highest BCUT2D eigenvalue weighted by Crippen LogP contribution is 2.12. The molecule has 4 heteroatoms. The molecule has 1 aliphatic heterocycles. The molecule has 15 heavy (non-hydrogen) atoms. The number of hydrogen-bond acceptors (Lipinski definition) is 4. The predicted molar refractivity (Wildman–Crippen MR) is 64.1 cm³/mol. The standard InChI is InChI=1S/C11H19NO2S/c1-3-11(13)15-9-4-10(2)12-5-7-14-8-6-12/h3,10H,1,4-9H2,2H3. The molecule has 1 heterocycles. The Kier molecular flexibility index (Phi) is 5.98. The minimum Gasteiger partial charge on any atom is -0.379 e. The first kappa shape index (κ1) is 12.7. The van der Waals surface area contributed by atoms with E-state index in [1.165, 1.54) is 17.8 Å². The van der Waals surface area contributed by atoms with Gasteiger partial charge in [0.2, 0.25) is 5.12 Å². The van der Waals surface area contributed by atoms with Crippen LogP contribution in [0.2, 0.25) is 0 Å². The van der Waals surface area contributed by atoms with Gasteiger partial charge >= 0.3 is 0 Å². The average molecular weight is 229 g/mol. The van der Waals surface area contributed by atoms with Gasteiger partial charge in [-0.1, -0.05) is 18.3 Å². The molecule has 1 fully saturated rings. The highest BCUT2D eigenvalue weighted by atomic mass is 32.2. The van der Waals surface area contributed by atoms with Crippen molar-refractivity contribution in [3.63, 3.8) is 0 Å². The van der Waals surface area contributed by atoms with E-state index in [2.05, 4.69) is 18.4 Å². The third kappa shape index (κ3) is 4.82. The number of morpholine rings is 1. The van der Waals surface area contributed by atoms with Crippen molar-refractivity contribution in [1.29, 1.82) is 0 Å². The van der Waals surface area contributed by atoms with Gasteiger partial charge in [0.25, 0.3) is 0 Å². The molecule has 0 bridgehead atoms. The summed E-state index contributed by atoms with van der Waals surface area (Å²) >= 11 is 1.35. The van der Waals surface area contributed by atoms with Gasteiger partial charge in [-0.15, -0.1) is 0 Å². The molecule has 1 saturated heterocycles. The molecule has 0 N–H and O–H groups in total. The molecule has 0 aromatic carbocycles. The Hall–Kier alpha value is -0.320. The average Bonchev–Trinajstić information content (AvgIpc) is 2.29. The van der Waals surface area contributed by atoms with Gasteiger partial charge in [0.05, 0.1) is 13.2 Å². The van der Waals surface area contributed by atoms with E-state index >= 15 is 0 Å². The molecule has 0 amide bonds. The maximum Gasteiger partial charge on any atom is 0.211 e. The molecule has 0 radical (unpaired) electrons. The van der Waals surface area contributed by atoms with Crippen molar-refractivity contribution in [3.8, 4) is 0 Å². The Bertz CT molecular complexity index is 215. The van der Waals surface area contributed by atoms with Crippen LogP contribution >= 0.6 is 11.8 Å². The monoisotopic (exact) mass is 229 g/mol. The molecule has 0 aromatic heterocycles. The van der Waals surface area contributed by atoms with Gasteiger partial charge < -0.3 is 4.74 Å². The molecule has 1 atom stereocenters. The first-order valence-electron chi connectivity index (χ1n) is 5.35. The zero-order chi connectivity index (χ0) is 11.1. The summed E-state index contributed by atoms with van der Waals surface area (Å²) in [5.74, 6) is 0.878. The van der Waals surface area contributed by atoms with Crippen LogP contribution in [0.25, 0.3) is 0 Å². The lowest BCUT2D eigenvalue weighted by Gasteiger charge is -2.32. The summed E-state index contributed by atoms with van der Waals surface area (Å²) in [4.78, 5) is 13.4. The molecule has 0 aromatic rings. The second-order valence-electron chi connectivity index (χ2n) is 3.66. The van der Waals surface area contributed by atoms with Gasteiger partial charge in [-0.05, 0) is 19.4 Å². The van der Waals surface area contributed by atoms with Crippen molar-refractivity contribution < 1.29 is 9.53 Å². The first-order valence-corrected chi connectivity index (χ1v) is 6.33. The van der Waals surface area contributed by atoms with Crippen LogP contribution in [0.4, 0.5) is 0 Å². The van der Waals surface area contributed by atoms with Gasteiger partial charge in [0.15, 0.2) is 0 Å². The van der Waals surface area contributed by atoms with E-state index in [9.17, 15) is 4.79 Å². The van der Waals surface area contributed by atoms with Crippen molar-refractivity contribution in [1.82, 2.24) is 4.90 Å². The van der Waals surface area contributed by atoms with Crippen LogP contribution in [0.3, 0.4) is 0 Å². The van der Waals surface area contributed by atoms with Crippen LogP contribution < -0.4 is 0 Å². The lowest BCUT2D eigenvalue weighted by molar-refractivity contribution is -0.107. The first-order chi connectivity index (χ1) is 7.24. The van der Waals surface area contributed by atoms with Crippen molar-refractivity contribution >= 4 is 16.9 Å². The lowest BCUT2D eigenvalue weighted by Crippen LogP contribution is -2.42. The minimum absolute atomic E-state index is 0.0733. The van der Waals surface area contributed by atoms with Gasteiger partial charge in [-0.2, -0.15) is 0 Å². The molecule has 0 saturated carbocycles. The summed E-state index contributed by atoms with van der Waals surface area (Å²) < 4.78 is 5.30. The fraction of sp³-hybridized carbons (Fsp3) is 0.727. The summed E-state index contributed by atoms with van der Waals surface area (Å²) in [5.41, 5.74) is 0. The smallest absolute Gasteiger partial charge is 0.211 e. The van der Waals surface area contributed by atoms with Gasteiger partial charge in [-0.3, -0.25) is 9.69 Å². The summed E-state index contributed by atoms with van der Waals surface area (Å²) in [7, 11) is 0. The Labute approximate surface area is 95.9 Å². The fourth-order valence-corrected chi connectivity index (χ4v) is 2.37. The summed E-state index contributed by atoms with van der Waals surface area (Å²) in [6.07, 6.45) is 2.42. The van der Waals surface area contributed by atoms with Crippen LogP contribution in [-0.4, -0.2) is 48.1 Å². The number of hydrogen-bond donors (Lipinski definition) is 0. The maximum atomic E-state index is 11.0. The number of rotatable bonds is 5. The van der Waals surface area contributed by atoms with Crippen LogP contribution in [-0.2, 0) is 9.53 Å². The maximum absolute atomic E-state index is 11.0. The fourth-order valence-electron chi connectivity index (χ4n) is 1.59. The van der Waals surface area contributed by atoms with E-state index in [1.807, 2.05) is 0 Å². The quantitative estimate of drug-likeness (QED) is 0.669. The highest BCUT2D eigenvalue weighted by molar-refractivity contribution is 8.14. The topological polar surface area (TPSA) is 29.5 Å². The van der Waals surface area contributed by atoms with E-state index in [0.717, 1.165) is 38.5 Å². The van der Waals surface area contributed by atoms with Gasteiger partial charge in [0.1, 0.15) is 0 Å². The third-order valence-corrected chi connectivity index (χ3v) is 3.51. The molecule has 0 spiro atoms. The van der Waals surface area contributed by atoms with E-state index in [0.29, 0.717) is 6.04 Å². The highest BCUT2D eigenvalue weighted by Gasteiger charge is 2.16. The molecule has 1 aliphatic rings. The van der Waals surface area contributed by atoms with Crippen molar-refractivity contribution in [2.75, 3.05) is 32.1 Å². The Morgan fingerprint density at radius 1 is 1.60 bits per heavy atom. The summed E-state index contributed by atoms with van der Waals surface area (Å²) in [6, 6.07) is 0.541. The van der Waals surface area contributed by atoms with Crippen LogP contribution in [0.1, 0.15) is 13.3 Å². The molecular formula is C11H19NO2S. The lowest BCUT2D eigenvalue weighted by atomic mass is 10.2. The number of carbonyl (C=O) groups is 1. The normalized spacial score (nSPS) is 19.8. The second-order valence-corrected chi connectivity index (χ2v) is 4.76. The van der Waals surface area contributed by atoms with Gasteiger partial charge in [-0.25, -0.2) is 0 Å². The third-order valence-electron chi connectivity index (χ3n) is 2.62. The van der Waals surface area contributed by atoms with Gasteiger partial charge in [0, 0.05) is 24.9 Å². The number of ether oxygens (including phenoxy) is 1. The predicted octanol–water partition coefficient (Wildman–Crippen LogP) is 1.54. The van der Waals surface area contributed by atoms with Crippen LogP contribution in [0.5, 0.6) is 0 Å². The molecular weight excluding hydrogens is 210 g/mol. The number of nitrogens with zero attached hydrogens (tertiary/aromatic N) is 1. The SMILES string of the molecule is C=CC(=O)SCCC(C)N1CCOCC1. The zero-order valence-electron chi connectivity index (χ0n) is 9.28. The van der Waals surface area contributed by atoms with E-state index in [1.54, 1.807) is 0 Å².